The molecule has 0 radical (unpaired) electrons. The summed E-state index contributed by atoms with van der Waals surface area (Å²) < 4.78 is 0. The summed E-state index contributed by atoms with van der Waals surface area (Å²) in [6, 6.07) is 91.3. The molecule has 0 amide bonds. The van der Waals surface area contributed by atoms with Crippen molar-refractivity contribution in [2.24, 2.45) is 4.99 Å². The third-order valence-electron chi connectivity index (χ3n) is 17.4. The number of benzene rings is 7. The molecule has 7 aromatic heterocycles. The highest BCUT2D eigenvalue weighted by Gasteiger charge is 2.22. The van der Waals surface area contributed by atoms with Gasteiger partial charge < -0.3 is 24.9 Å². The molecule has 17 rings (SSSR count). The van der Waals surface area contributed by atoms with Crippen molar-refractivity contribution < 1.29 is 0 Å². The number of nitrogens with zero attached hydrogens (tertiary/aromatic N) is 4. The van der Waals surface area contributed by atoms with Gasteiger partial charge in [-0.2, -0.15) is 0 Å². The van der Waals surface area contributed by atoms with Crippen LogP contribution >= 0.6 is 0 Å². The number of aromatic nitrogens is 8. The van der Waals surface area contributed by atoms with Gasteiger partial charge in [-0.3, -0.25) is 4.99 Å². The third-order valence-corrected chi connectivity index (χ3v) is 17.4. The van der Waals surface area contributed by atoms with Gasteiger partial charge in [0.15, 0.2) is 0 Å². The highest BCUT2D eigenvalue weighted by Crippen LogP contribution is 2.41. The van der Waals surface area contributed by atoms with E-state index in [9.17, 15) is 0 Å². The minimum atomic E-state index is 0.786. The fourth-order valence-corrected chi connectivity index (χ4v) is 13.2. The van der Waals surface area contributed by atoms with Crippen molar-refractivity contribution in [1.29, 1.82) is 0 Å². The molecule has 0 saturated carbocycles. The average molecular weight is 1170 g/mol. The first-order valence-electron chi connectivity index (χ1n) is 30.6. The lowest BCUT2D eigenvalue weighted by atomic mass is 10.0. The van der Waals surface area contributed by atoms with Crippen molar-refractivity contribution in [3.63, 3.8) is 0 Å². The molecule has 9 heteroatoms. The maximum atomic E-state index is 5.61. The first-order chi connectivity index (χ1) is 45.1. The summed E-state index contributed by atoms with van der Waals surface area (Å²) in [4.78, 5) is 41.3. The predicted molar refractivity (Wildman–Crippen MR) is 379 cm³/mol. The zero-order chi connectivity index (χ0) is 60.2. The number of nitrogens with one attached hydrogen (secondary N) is 5. The van der Waals surface area contributed by atoms with Gasteiger partial charge in [0, 0.05) is 94.9 Å². The van der Waals surface area contributed by atoms with Crippen LogP contribution in [0.2, 0.25) is 0 Å². The monoisotopic (exact) mass is 1170 g/mol. The Bertz CT molecular complexity index is 5590. The zero-order valence-corrected chi connectivity index (χ0v) is 49.2. The van der Waals surface area contributed by atoms with E-state index in [0.29, 0.717) is 0 Å². The molecule has 14 aromatic rings. The van der Waals surface area contributed by atoms with Gasteiger partial charge in [0.2, 0.25) is 0 Å². The van der Waals surface area contributed by atoms with Gasteiger partial charge >= 0.3 is 0 Å². The first kappa shape index (κ1) is 52.8. The molecule has 0 spiro atoms. The molecule has 16 bridgehead atoms. The summed E-state index contributed by atoms with van der Waals surface area (Å²) in [6.45, 7) is 0. The van der Waals surface area contributed by atoms with E-state index in [1.807, 2.05) is 6.21 Å². The van der Waals surface area contributed by atoms with Crippen LogP contribution in [0.3, 0.4) is 0 Å². The van der Waals surface area contributed by atoms with E-state index in [2.05, 4.69) is 322 Å². The quantitative estimate of drug-likeness (QED) is 0.0923. The molecule has 0 unspecified atom stereocenters. The summed E-state index contributed by atoms with van der Waals surface area (Å²) >= 11 is 0. The van der Waals surface area contributed by atoms with Gasteiger partial charge in [0.25, 0.3) is 0 Å². The molecule has 10 heterocycles. The van der Waals surface area contributed by atoms with E-state index in [0.717, 1.165) is 178 Å². The lowest BCUT2D eigenvalue weighted by Gasteiger charge is -2.07. The fourth-order valence-electron chi connectivity index (χ4n) is 13.2. The Labute approximate surface area is 524 Å². The van der Waals surface area contributed by atoms with Crippen molar-refractivity contribution in [2.75, 3.05) is 0 Å². The SMILES string of the molecule is C1=Cc2nc1c(-c1ccccc1)c1ccc([nH]1)c(-c1ccccc1)c1nc(c(-c3ccccc3)c3[nH]c(cc3C=Nc3ccc(-c4c5ccc([nH]5)c(-c5ccccc5)c5nc(c6ccc([nH]6)c(-c6ccccc6)c6ccc4[nH]6)C=C5)cc3)c2-c2ccccc2)C=C1. The van der Waals surface area contributed by atoms with Crippen LogP contribution in [-0.2, 0) is 0 Å². The first-order valence-corrected chi connectivity index (χ1v) is 30.6. The molecular weight excluding hydrogens is 1110 g/mol. The summed E-state index contributed by atoms with van der Waals surface area (Å²) in [6.07, 6.45) is 14.8. The van der Waals surface area contributed by atoms with E-state index in [1.165, 1.54) is 0 Å². The van der Waals surface area contributed by atoms with E-state index in [-0.39, 0.29) is 0 Å². The Kier molecular flexibility index (Phi) is 13.0. The second kappa shape index (κ2) is 22.4. The smallest absolute Gasteiger partial charge is 0.0872 e. The maximum absolute atomic E-state index is 5.61. The number of hydrogen-bond donors (Lipinski definition) is 5. The van der Waals surface area contributed by atoms with E-state index >= 15 is 0 Å². The predicted octanol–water partition coefficient (Wildman–Crippen LogP) is 21.1. The summed E-state index contributed by atoms with van der Waals surface area (Å²) in [5, 5.41) is 0. The van der Waals surface area contributed by atoms with Crippen molar-refractivity contribution in [1.82, 2.24) is 39.9 Å². The number of aliphatic imine (C=N–C) groups is 1. The van der Waals surface area contributed by atoms with Gasteiger partial charge in [0.1, 0.15) is 0 Å². The van der Waals surface area contributed by atoms with E-state index in [1.54, 1.807) is 0 Å². The Morgan fingerprint density at radius 2 is 0.505 bits per heavy atom. The maximum Gasteiger partial charge on any atom is 0.0872 e. The lowest BCUT2D eigenvalue weighted by Crippen LogP contribution is -1.90. The highest BCUT2D eigenvalue weighted by atomic mass is 14.8. The normalized spacial score (nSPS) is 12.2. The van der Waals surface area contributed by atoms with Crippen LogP contribution in [0.15, 0.2) is 266 Å². The zero-order valence-electron chi connectivity index (χ0n) is 49.2. The second-order valence-electron chi connectivity index (χ2n) is 22.9. The molecule has 91 heavy (non-hydrogen) atoms. The Hall–Kier alpha value is -12.5. The van der Waals surface area contributed by atoms with E-state index in [4.69, 9.17) is 19.9 Å². The molecule has 0 fully saturated rings. The number of fused-ring (bicyclic) bond motifs is 17. The van der Waals surface area contributed by atoms with Crippen LogP contribution in [0.5, 0.6) is 0 Å². The standard InChI is InChI=1S/C82H55N9/c1-7-19-51(20-8-1)75-62-37-35-60(84-62)61-36-38-63(85-61)76(52-21-9-2-10-22-52)65-42-44-71(88-65)79(70-43-41-64(75)87-70)57-31-33-59(34-32-57)83-50-58-49-74-80(55-27-15-5-16-28-55)72-46-45-68(89-72)77(53-23-11-3-12-24-53)66-39-40-67(86-66)78(54-25-13-4-14-26-54)69-47-48-73(90-69)81(82(58)91-74)56-29-17-6-18-30-56/h1-50,84,86-88,91H. The molecule has 9 nitrogen and oxygen atoms in total. The largest absolute Gasteiger partial charge is 0.354 e. The topological polar surface area (TPSA) is 130 Å². The highest BCUT2D eigenvalue weighted by molar-refractivity contribution is 6.07. The van der Waals surface area contributed by atoms with Gasteiger partial charge in [-0.25, -0.2) is 15.0 Å². The van der Waals surface area contributed by atoms with E-state index < -0.39 is 0 Å². The summed E-state index contributed by atoms with van der Waals surface area (Å²) in [7, 11) is 0. The Balaban J connectivity index is 0.890. The Morgan fingerprint density at radius 3 is 0.890 bits per heavy atom. The molecule has 0 atom stereocenters. The number of rotatable bonds is 9. The molecule has 3 aliphatic heterocycles. The summed E-state index contributed by atoms with van der Waals surface area (Å²) in [5.41, 5.74) is 30.5. The summed E-state index contributed by atoms with van der Waals surface area (Å²) in [5.74, 6) is 0. The average Bonchev–Trinajstić information content (AvgIpc) is 1.80. The third kappa shape index (κ3) is 9.70. The van der Waals surface area contributed by atoms with Gasteiger partial charge in [-0.05, 0) is 142 Å². The molecular formula is C82H55N9. The molecule has 3 aliphatic rings. The van der Waals surface area contributed by atoms with Crippen molar-refractivity contribution in [3.8, 4) is 77.9 Å². The van der Waals surface area contributed by atoms with Crippen molar-refractivity contribution in [2.45, 2.75) is 0 Å². The number of aromatic amines is 5. The number of hydrogen-bond acceptors (Lipinski definition) is 4. The van der Waals surface area contributed by atoms with Crippen LogP contribution in [0.4, 0.5) is 5.69 Å². The van der Waals surface area contributed by atoms with Crippen LogP contribution in [0.1, 0.15) is 39.7 Å². The molecule has 0 aliphatic carbocycles. The van der Waals surface area contributed by atoms with Gasteiger partial charge in [-0.1, -0.05) is 194 Å². The van der Waals surface area contributed by atoms with Crippen molar-refractivity contribution >= 4 is 104 Å². The Morgan fingerprint density at radius 1 is 0.231 bits per heavy atom. The molecule has 428 valence electrons. The molecule has 5 N–H and O–H groups in total. The van der Waals surface area contributed by atoms with Crippen LogP contribution < -0.4 is 0 Å². The second-order valence-corrected chi connectivity index (χ2v) is 22.9. The minimum Gasteiger partial charge on any atom is -0.354 e. The fraction of sp³-hybridized carbons (Fsp3) is 0. The minimum absolute atomic E-state index is 0.786. The van der Waals surface area contributed by atoms with Crippen LogP contribution in [-0.4, -0.2) is 46.1 Å². The van der Waals surface area contributed by atoms with Crippen LogP contribution in [0, 0.1) is 0 Å². The molecule has 0 saturated heterocycles. The van der Waals surface area contributed by atoms with Crippen LogP contribution in [0.25, 0.3) is 170 Å². The van der Waals surface area contributed by atoms with Gasteiger partial charge in [-0.15, -0.1) is 0 Å². The van der Waals surface area contributed by atoms with Gasteiger partial charge in [0.05, 0.1) is 50.9 Å². The van der Waals surface area contributed by atoms with Crippen molar-refractivity contribution in [3.05, 3.63) is 301 Å². The molecule has 7 aromatic carbocycles. The number of H-pyrrole nitrogens is 5. The lowest BCUT2D eigenvalue weighted by molar-refractivity contribution is 1.31.